The zero-order valence-electron chi connectivity index (χ0n) is 68.4. The monoisotopic (exact) mass is 2040 g/mol. The summed E-state index contributed by atoms with van der Waals surface area (Å²) in [6.07, 6.45) is -12.7. The van der Waals surface area contributed by atoms with Crippen LogP contribution in [0.2, 0.25) is 0 Å². The molecule has 0 radical (unpaired) electrons. The number of pyridine rings is 3. The number of aromatic amines is 3. The molecule has 9 saturated heterocycles. The van der Waals surface area contributed by atoms with Crippen LogP contribution in [0.15, 0.2) is 95.1 Å². The highest BCUT2D eigenvalue weighted by Gasteiger charge is 2.62. The number of ether oxygens (including phenoxy) is 5. The topological polar surface area (TPSA) is 908 Å². The molecule has 0 amide bonds. The average Bonchev–Trinajstić information content (AvgIpc) is 1.58. The zero-order valence-corrected chi connectivity index (χ0v) is 74.6. The maximum atomic E-state index is 13.4. The van der Waals surface area contributed by atoms with Crippen molar-refractivity contribution >= 4 is 160 Å². The Labute approximate surface area is 758 Å². The predicted octanol–water partition coefficient (Wildman–Crippen LogP) is -2.86. The molecule has 0 aliphatic carbocycles. The quantitative estimate of drug-likeness (QED) is 0.0588. The van der Waals surface area contributed by atoms with Crippen molar-refractivity contribution in [1.82, 2.24) is 97.2 Å². The van der Waals surface area contributed by atoms with Crippen LogP contribution in [0.5, 0.6) is 0 Å². The van der Waals surface area contributed by atoms with E-state index in [4.69, 9.17) is 119 Å². The molecule has 21 rings (SSSR count). The molecule has 29 atom stereocenters. The zero-order chi connectivity index (χ0) is 96.3. The Balaban J connectivity index is 0.000000131. The number of imidazole rings is 5. The number of nitrogens with two attached hydrogens (primary N) is 6. The van der Waals surface area contributed by atoms with Crippen molar-refractivity contribution in [2.24, 2.45) is 0 Å². The molecular weight excluding hydrogens is 1970 g/mol. The largest absolute Gasteiger partial charge is 0.472 e. The molecule has 12 aromatic rings. The van der Waals surface area contributed by atoms with Gasteiger partial charge in [-0.2, -0.15) is 15.0 Å². The van der Waals surface area contributed by atoms with E-state index in [9.17, 15) is 96.7 Å². The molecule has 6 bridgehead atoms. The van der Waals surface area contributed by atoms with Gasteiger partial charge in [-0.1, -0.05) is 5.92 Å². The number of anilines is 6. The Morgan fingerprint density at radius 3 is 1.34 bits per heavy atom. The van der Waals surface area contributed by atoms with Crippen LogP contribution in [0.1, 0.15) is 42.9 Å². The number of aliphatic hydroxyl groups is 5. The first-order valence-corrected chi connectivity index (χ1v) is 49.6. The van der Waals surface area contributed by atoms with Gasteiger partial charge in [-0.3, -0.25) is 106 Å². The van der Waals surface area contributed by atoms with Gasteiger partial charge in [0.25, 0.3) is 16.7 Å². The average molecular weight is 2040 g/mol. The predicted molar refractivity (Wildman–Crippen MR) is 452 cm³/mol. The third kappa shape index (κ3) is 18.0. The molecule has 63 nitrogen and oxygen atoms in total. The van der Waals surface area contributed by atoms with Crippen LogP contribution in [0, 0.1) is 12.3 Å². The van der Waals surface area contributed by atoms with Crippen LogP contribution in [-0.2, 0) is 105 Å². The fourth-order valence-electron chi connectivity index (χ4n) is 16.5. The van der Waals surface area contributed by atoms with Crippen LogP contribution < -0.4 is 51.1 Å². The van der Waals surface area contributed by atoms with Gasteiger partial charge < -0.3 is 118 Å². The van der Waals surface area contributed by atoms with Gasteiger partial charge in [0.1, 0.15) is 120 Å². The number of fused-ring (bicyclic) bond motifs is 15. The first kappa shape index (κ1) is 94.9. The minimum atomic E-state index is -5.26. The highest BCUT2D eigenvalue weighted by atomic mass is 32.2. The molecule has 136 heavy (non-hydrogen) atoms. The fourth-order valence-corrected chi connectivity index (χ4v) is 23.9. The number of nitrogens with one attached hydrogen (secondary N) is 3. The van der Waals surface area contributed by atoms with E-state index in [-0.39, 0.29) is 80.3 Å². The number of terminal acetylenes is 1. The van der Waals surface area contributed by atoms with Crippen molar-refractivity contribution in [2.75, 3.05) is 74.0 Å². The number of aliphatic hydroxyl groups excluding tert-OH is 5. The number of aromatic nitrogens is 20. The molecule has 70 heteroatoms. The van der Waals surface area contributed by atoms with Gasteiger partial charge in [0.15, 0.2) is 75.3 Å². The lowest BCUT2D eigenvalue weighted by molar-refractivity contribution is -0.0961. The van der Waals surface area contributed by atoms with Crippen molar-refractivity contribution in [3.8, 4) is 12.3 Å². The standard InChI is InChI=1S/C23H25N9O13P2.C22H26N8O12P2.C21H25N9O12P2S/c1-2-23-6-41-47(38,39)44-15-13(33)10(42-21(15)32-8-28-12-18(32)29-22(25)30-19(12)35)5-40-46(36,37)45-16(23)14(34)20(43-23)31-7-27-11-9(24)3-4-26-17(11)31;23-10-1-3-25-18-9(10)2-4-29(18)14-5-11-12(39-14)6-37-44(35,36)42-17-16(31)13(7-38-43(33,34)41-11)40-21(17)30-8-26-15-19(30)27-22(24)28-20(15)32;22-7-1-2-24-16-10(7)25-5-29(16)19-13(32)14-8(40-19)3-38-43(34,35)42-15-12(31)9(4-39-44(36,37)41-14)45-20(15)30-6-26-11-17(30)27-21(23)28-18(11)33/h1,3-4,7-8,10,13-16,20-21,33-34H,5-6H2,(H2,24,26)(H,36,37)(H,38,39)(H3,25,29,30,35);1-4,8,11-14,16-17,21,31H,5-7H2,(H2,23,25)(H,33,34)(H,35,36)(H3,24,27,28,32);1-2,5-6,8-9,12-15,19-20,31-32H,3-4H2,(H2,22,24)(H,34,35)(H,36,37)(H3,23,27,28,33)/t10-,13+,14?,15?,16-,20-,21-,23-;11-,12-,13-,14-,16+,17?,21-;8-,9-,12+,13?,14+,15?,19-,20-/m111/s1. The summed E-state index contributed by atoms with van der Waals surface area (Å²) in [6.45, 7) is -4.70. The molecule has 0 aromatic carbocycles. The summed E-state index contributed by atoms with van der Waals surface area (Å²) in [5.41, 5.74) is 32.3. The number of thioether (sulfide) groups is 1. The van der Waals surface area contributed by atoms with E-state index in [1.807, 2.05) is 0 Å². The smallest absolute Gasteiger partial charge is 0.398 e. The highest BCUT2D eigenvalue weighted by molar-refractivity contribution is 8.00. The van der Waals surface area contributed by atoms with Crippen LogP contribution in [0.25, 0.3) is 66.9 Å². The maximum Gasteiger partial charge on any atom is 0.472 e. The van der Waals surface area contributed by atoms with Gasteiger partial charge in [0.2, 0.25) is 17.8 Å². The van der Waals surface area contributed by atoms with E-state index in [1.54, 1.807) is 22.9 Å². The second-order valence-corrected chi connectivity index (χ2v) is 41.1. The number of H-pyrrole nitrogens is 3. The fraction of sp³-hybridized carbons (Fsp3) is 0.455. The van der Waals surface area contributed by atoms with Crippen molar-refractivity contribution in [3.05, 3.63) is 112 Å². The molecule has 11 unspecified atom stereocenters. The normalized spacial score (nSPS) is 37.4. The van der Waals surface area contributed by atoms with Crippen molar-refractivity contribution < 1.29 is 160 Å². The van der Waals surface area contributed by atoms with E-state index in [0.29, 0.717) is 27.9 Å². The summed E-state index contributed by atoms with van der Waals surface area (Å²) in [5.74, 6) is 1.39. The lowest BCUT2D eigenvalue weighted by Crippen LogP contribution is -2.47. The Morgan fingerprint density at radius 1 is 0.404 bits per heavy atom. The molecule has 0 spiro atoms. The van der Waals surface area contributed by atoms with Gasteiger partial charge in [0, 0.05) is 42.3 Å². The van der Waals surface area contributed by atoms with Crippen LogP contribution >= 0.6 is 58.7 Å². The van der Waals surface area contributed by atoms with Gasteiger partial charge >= 0.3 is 46.9 Å². The molecule has 12 aromatic heterocycles. The molecule has 9 aliphatic rings. The minimum absolute atomic E-state index is 0.00496. The Bertz CT molecular complexity index is 7250. The molecule has 0 saturated carbocycles. The lowest BCUT2D eigenvalue weighted by atomic mass is 9.97. The van der Waals surface area contributed by atoms with Crippen molar-refractivity contribution in [1.29, 1.82) is 0 Å². The Kier molecular flexibility index (Phi) is 24.9. The van der Waals surface area contributed by atoms with Crippen LogP contribution in [0.4, 0.5) is 34.9 Å². The van der Waals surface area contributed by atoms with Crippen molar-refractivity contribution in [2.45, 2.75) is 145 Å². The van der Waals surface area contributed by atoms with E-state index in [1.165, 1.54) is 63.4 Å². The number of phosphoric ester groups is 6. The Morgan fingerprint density at radius 2 is 0.816 bits per heavy atom. The van der Waals surface area contributed by atoms with Crippen LogP contribution in [0.3, 0.4) is 0 Å². The summed E-state index contributed by atoms with van der Waals surface area (Å²) in [6, 6.07) is 6.36. The molecular formula is C66H76N26O37P6S. The molecule has 9 aliphatic heterocycles. The lowest BCUT2D eigenvalue weighted by Gasteiger charge is -2.31. The first-order chi connectivity index (χ1) is 64.4. The number of phosphoric acid groups is 6. The van der Waals surface area contributed by atoms with Crippen molar-refractivity contribution in [3.63, 3.8) is 0 Å². The summed E-state index contributed by atoms with van der Waals surface area (Å²) in [5, 5.41) is 54.2. The number of nitrogens with zero attached hydrogens (tertiary/aromatic N) is 17. The number of nitrogen functional groups attached to an aromatic ring is 6. The van der Waals surface area contributed by atoms with Gasteiger partial charge in [-0.15, -0.1) is 18.2 Å². The molecule has 26 N–H and O–H groups in total. The summed E-state index contributed by atoms with van der Waals surface area (Å²) in [7, 11) is -30.3. The highest BCUT2D eigenvalue weighted by Crippen LogP contribution is 2.61. The maximum absolute atomic E-state index is 13.4. The van der Waals surface area contributed by atoms with E-state index < -0.39 is 242 Å². The number of hydrogen-bond donors (Lipinski definition) is 20. The second-order valence-electron chi connectivity index (χ2n) is 31.3. The SMILES string of the molecule is C#C[C@@]12COP(=O)(O)OC3[C@@H](O)[C@@H](COP(=O)(O)O[C@@H]1C(O)[C@H](n1cnc4c(N)ccnc41)O2)O[C@H]3n1cnc2c(=O)[nH]c(N)nc21.Nc1nc2c(ncn2[C@@H]2O[C@@H]3COP(=O)(O)O[C@@H]4C[C@H](n5ccc6c(N)ccnc65)O[C@@H]4COP(=O)(O)OC2[C@H]3O)c(=O)[nH]1.Nc1nc2c(ncn2[C@@H]2S[C@@H]3COP(=O)(O)O[C@@H]4C(O)[C@H](n5cnc6c(N)ccnc65)O[C@@H]4COP(=O)(O)OC2[C@H]3O)c(=O)[nH]1. The van der Waals surface area contributed by atoms with E-state index >= 15 is 0 Å². The number of hydrogen-bond acceptors (Lipinski definition) is 49. The minimum Gasteiger partial charge on any atom is -0.398 e. The van der Waals surface area contributed by atoms with Crippen LogP contribution in [-0.4, -0.2) is 294 Å². The number of rotatable bonds is 6. The van der Waals surface area contributed by atoms with Gasteiger partial charge in [0.05, 0.1) is 87.4 Å². The third-order valence-corrected chi connectivity index (χ3v) is 30.2. The third-order valence-electron chi connectivity index (χ3n) is 22.7. The summed E-state index contributed by atoms with van der Waals surface area (Å²) >= 11 is 0.913. The summed E-state index contributed by atoms with van der Waals surface area (Å²) in [4.78, 5) is 153. The van der Waals surface area contributed by atoms with Gasteiger partial charge in [-0.05, 0) is 24.3 Å². The summed E-state index contributed by atoms with van der Waals surface area (Å²) < 4.78 is 180. The van der Waals surface area contributed by atoms with Gasteiger partial charge in [-0.25, -0.2) is 67.3 Å². The first-order valence-electron chi connectivity index (χ1n) is 39.7. The molecule has 728 valence electrons. The Hall–Kier alpha value is -10.0. The van der Waals surface area contributed by atoms with E-state index in [0.717, 1.165) is 33.6 Å². The molecule has 9 fully saturated rings. The molecule has 21 heterocycles. The van der Waals surface area contributed by atoms with E-state index in [2.05, 4.69) is 75.7 Å². The second kappa shape index (κ2) is 35.7.